The van der Waals surface area contributed by atoms with Gasteiger partial charge in [0.1, 0.15) is 12.1 Å². The summed E-state index contributed by atoms with van der Waals surface area (Å²) in [5.41, 5.74) is 4.54. The van der Waals surface area contributed by atoms with Crippen LogP contribution in [0.4, 0.5) is 10.5 Å². The van der Waals surface area contributed by atoms with Gasteiger partial charge in [0, 0.05) is 29.1 Å². The Morgan fingerprint density at radius 1 is 0.927 bits per heavy atom. The maximum atomic E-state index is 14.2. The Bertz CT molecular complexity index is 1610. The molecule has 3 atom stereocenters. The fraction of sp³-hybridized carbons (Fsp3) is 0.324. The predicted octanol–water partition coefficient (Wildman–Crippen LogP) is 6.60. The highest BCUT2D eigenvalue weighted by Crippen LogP contribution is 2.45. The van der Waals surface area contributed by atoms with Crippen LogP contribution >= 0.6 is 0 Å². The highest BCUT2D eigenvalue weighted by atomic mass is 16.2. The Morgan fingerprint density at radius 2 is 1.63 bits per heavy atom. The lowest BCUT2D eigenvalue weighted by molar-refractivity contribution is -0.120. The number of benzene rings is 3. The maximum Gasteiger partial charge on any atom is 0.332 e. The maximum absolute atomic E-state index is 14.2. The first-order valence-corrected chi connectivity index (χ1v) is 14.6. The molecule has 4 aromatic rings. The Morgan fingerprint density at radius 3 is 2.41 bits per heavy atom. The molecule has 1 aromatic heterocycles. The van der Waals surface area contributed by atoms with Gasteiger partial charge < -0.3 is 10.3 Å². The van der Waals surface area contributed by atoms with Crippen molar-refractivity contribution < 1.29 is 14.4 Å². The number of hydrogen-bond acceptors (Lipinski definition) is 3. The number of urea groups is 1. The van der Waals surface area contributed by atoms with Gasteiger partial charge in [0.15, 0.2) is 0 Å². The number of H-pyrrole nitrogens is 1. The number of amides is 4. The van der Waals surface area contributed by atoms with Crippen LogP contribution in [-0.4, -0.2) is 39.8 Å². The van der Waals surface area contributed by atoms with E-state index in [0.717, 1.165) is 47.0 Å². The molecule has 0 radical (unpaired) electrons. The van der Waals surface area contributed by atoms with Crippen LogP contribution < -0.4 is 10.2 Å². The minimum absolute atomic E-state index is 0.0219. The lowest BCUT2D eigenvalue weighted by Crippen LogP contribution is -2.44. The van der Waals surface area contributed by atoms with E-state index in [4.69, 9.17) is 0 Å². The van der Waals surface area contributed by atoms with Crippen LogP contribution in [0.15, 0.2) is 78.9 Å². The molecule has 0 aliphatic carbocycles. The number of rotatable bonds is 8. The van der Waals surface area contributed by atoms with Crippen molar-refractivity contribution in [1.29, 1.82) is 0 Å². The summed E-state index contributed by atoms with van der Waals surface area (Å²) < 4.78 is 0. The lowest BCUT2D eigenvalue weighted by Gasteiger charge is -2.36. The van der Waals surface area contributed by atoms with Crippen LogP contribution in [0.3, 0.4) is 0 Å². The van der Waals surface area contributed by atoms with Crippen LogP contribution in [0.25, 0.3) is 10.9 Å². The molecule has 2 aliphatic heterocycles. The van der Waals surface area contributed by atoms with E-state index in [9.17, 15) is 14.4 Å². The van der Waals surface area contributed by atoms with Gasteiger partial charge in [-0.2, -0.15) is 0 Å². The normalized spacial score (nSPS) is 19.0. The quantitative estimate of drug-likeness (QED) is 0.244. The van der Waals surface area contributed by atoms with Crippen molar-refractivity contribution >= 4 is 34.4 Å². The van der Waals surface area contributed by atoms with E-state index in [-0.39, 0.29) is 17.9 Å². The molecule has 2 aliphatic rings. The molecule has 6 rings (SSSR count). The van der Waals surface area contributed by atoms with E-state index in [1.807, 2.05) is 55.5 Å². The van der Waals surface area contributed by atoms with Crippen LogP contribution in [0, 0.1) is 5.92 Å². The topological polar surface area (TPSA) is 85.5 Å². The van der Waals surface area contributed by atoms with Gasteiger partial charge in [0.25, 0.3) is 11.8 Å². The second-order valence-electron chi connectivity index (χ2n) is 11.7. The molecule has 3 aromatic carbocycles. The number of fused-ring (bicyclic) bond motifs is 4. The van der Waals surface area contributed by atoms with E-state index in [1.54, 1.807) is 29.2 Å². The molecule has 0 saturated carbocycles. The molecule has 7 heteroatoms. The third-order valence-corrected chi connectivity index (χ3v) is 8.35. The number of nitrogens with one attached hydrogen (secondary N) is 2. The predicted molar refractivity (Wildman–Crippen MR) is 161 cm³/mol. The Hall–Kier alpha value is -4.39. The summed E-state index contributed by atoms with van der Waals surface area (Å²) in [4.78, 5) is 48.3. The van der Waals surface area contributed by atoms with Crippen LogP contribution in [-0.2, 0) is 11.2 Å². The zero-order chi connectivity index (χ0) is 28.7. The summed E-state index contributed by atoms with van der Waals surface area (Å²) in [6.45, 7) is 6.38. The number of para-hydroxylation sites is 2. The van der Waals surface area contributed by atoms with Gasteiger partial charge in [-0.3, -0.25) is 14.5 Å². The summed E-state index contributed by atoms with van der Waals surface area (Å²) in [7, 11) is 0. The molecular formula is C34H36N4O3. The third-order valence-electron chi connectivity index (χ3n) is 8.35. The monoisotopic (exact) mass is 548 g/mol. The number of carbonyl (C=O) groups excluding carboxylic acids is 3. The highest BCUT2D eigenvalue weighted by molar-refractivity contribution is 6.24. The van der Waals surface area contributed by atoms with E-state index in [0.29, 0.717) is 23.6 Å². The average molecular weight is 549 g/mol. The van der Waals surface area contributed by atoms with E-state index < -0.39 is 18.1 Å². The zero-order valence-electron chi connectivity index (χ0n) is 23.8. The van der Waals surface area contributed by atoms with Crippen LogP contribution in [0.1, 0.15) is 73.3 Å². The fourth-order valence-electron chi connectivity index (χ4n) is 6.34. The Balaban J connectivity index is 1.35. The summed E-state index contributed by atoms with van der Waals surface area (Å²) in [5.74, 6) is 0.0274. The SMILES string of the molecule is CC(C)CCC[C@H](C)NC(=O)c1ccccc1N1C(=O)[C@@H]2Cc3c([nH]c4ccccc34)[C@@H](c3ccccc3)N2C1=O. The second-order valence-corrected chi connectivity index (χ2v) is 11.7. The summed E-state index contributed by atoms with van der Waals surface area (Å²) in [5, 5.41) is 4.15. The van der Waals surface area contributed by atoms with Gasteiger partial charge in [-0.25, -0.2) is 9.69 Å². The molecule has 1 fully saturated rings. The number of nitrogens with zero attached hydrogens (tertiary/aromatic N) is 2. The Labute approximate surface area is 240 Å². The standard InChI is InChI=1S/C34H36N4O3/c1-21(2)12-11-13-22(3)35-32(39)25-17-8-10-19-28(25)38-33(40)29-20-26-24-16-7-9-18-27(24)36-30(26)31(37(29)34(38)41)23-14-5-4-6-15-23/h4-10,14-19,21-22,29,31,36H,11-13,20H2,1-3H3,(H,35,39)/t22-,29-,31+/m0/s1. The van der Waals surface area contributed by atoms with Crippen molar-refractivity contribution in [1.82, 2.24) is 15.2 Å². The van der Waals surface area contributed by atoms with Gasteiger partial charge >= 0.3 is 6.03 Å². The Kier molecular flexibility index (Phi) is 7.12. The van der Waals surface area contributed by atoms with Crippen molar-refractivity contribution in [3.63, 3.8) is 0 Å². The van der Waals surface area contributed by atoms with Gasteiger partial charge in [-0.15, -0.1) is 0 Å². The van der Waals surface area contributed by atoms with E-state index in [2.05, 4.69) is 30.2 Å². The molecule has 1 saturated heterocycles. The number of carbonyl (C=O) groups is 3. The number of hydrogen-bond donors (Lipinski definition) is 2. The summed E-state index contributed by atoms with van der Waals surface area (Å²) in [6, 6.07) is 23.2. The van der Waals surface area contributed by atoms with Gasteiger partial charge in [0.2, 0.25) is 0 Å². The molecule has 0 spiro atoms. The smallest absolute Gasteiger partial charge is 0.332 e. The molecule has 3 heterocycles. The average Bonchev–Trinajstić information content (AvgIpc) is 3.46. The second kappa shape index (κ2) is 10.9. The molecule has 0 bridgehead atoms. The largest absolute Gasteiger partial charge is 0.356 e. The molecule has 0 unspecified atom stereocenters. The van der Waals surface area contributed by atoms with Crippen LogP contribution in [0.5, 0.6) is 0 Å². The van der Waals surface area contributed by atoms with Crippen LogP contribution in [0.2, 0.25) is 0 Å². The number of anilines is 1. The molecule has 41 heavy (non-hydrogen) atoms. The first kappa shape index (κ1) is 26.8. The molecule has 210 valence electrons. The first-order chi connectivity index (χ1) is 19.8. The number of imide groups is 1. The highest BCUT2D eigenvalue weighted by Gasteiger charge is 2.53. The lowest BCUT2D eigenvalue weighted by atomic mass is 9.89. The van der Waals surface area contributed by atoms with Crippen molar-refractivity contribution in [2.45, 2.75) is 64.6 Å². The van der Waals surface area contributed by atoms with Gasteiger partial charge in [0.05, 0.1) is 11.3 Å². The molecular weight excluding hydrogens is 512 g/mol. The number of aromatic amines is 1. The molecule has 2 N–H and O–H groups in total. The van der Waals surface area contributed by atoms with Crippen molar-refractivity contribution in [3.8, 4) is 0 Å². The minimum atomic E-state index is -0.675. The molecule has 4 amide bonds. The van der Waals surface area contributed by atoms with E-state index >= 15 is 0 Å². The van der Waals surface area contributed by atoms with Crippen molar-refractivity contribution in [2.75, 3.05) is 4.90 Å². The van der Waals surface area contributed by atoms with Crippen molar-refractivity contribution in [3.05, 3.63) is 101 Å². The van der Waals surface area contributed by atoms with Gasteiger partial charge in [-0.1, -0.05) is 87.4 Å². The zero-order valence-corrected chi connectivity index (χ0v) is 23.8. The number of aromatic nitrogens is 1. The molecule has 7 nitrogen and oxygen atoms in total. The minimum Gasteiger partial charge on any atom is -0.356 e. The van der Waals surface area contributed by atoms with Crippen molar-refractivity contribution in [2.24, 2.45) is 5.92 Å². The van der Waals surface area contributed by atoms with Gasteiger partial charge in [-0.05, 0) is 48.6 Å². The summed E-state index contributed by atoms with van der Waals surface area (Å²) >= 11 is 0. The first-order valence-electron chi connectivity index (χ1n) is 14.6. The third kappa shape index (κ3) is 4.79. The fourth-order valence-corrected chi connectivity index (χ4v) is 6.34. The summed E-state index contributed by atoms with van der Waals surface area (Å²) in [6.07, 6.45) is 3.40. The van der Waals surface area contributed by atoms with E-state index in [1.165, 1.54) is 4.90 Å².